The summed E-state index contributed by atoms with van der Waals surface area (Å²) in [7, 11) is 1.86. The van der Waals surface area contributed by atoms with Gasteiger partial charge in [0.2, 0.25) is 0 Å². The molecular weight excluding hydrogens is 320 g/mol. The summed E-state index contributed by atoms with van der Waals surface area (Å²) in [6.07, 6.45) is 4.77. The number of benzene rings is 1. The quantitative estimate of drug-likeness (QED) is 0.311. The van der Waals surface area contributed by atoms with E-state index in [1.165, 1.54) is 24.4 Å². The number of nitrogens with one attached hydrogen (secondary N) is 1. The molecular formula is C18H22N4O3. The zero-order chi connectivity index (χ0) is 19.0. The van der Waals surface area contributed by atoms with Gasteiger partial charge in [-0.05, 0) is 31.2 Å². The predicted molar refractivity (Wildman–Crippen MR) is 99.7 cm³/mol. The molecule has 0 radical (unpaired) electrons. The number of hydrogen-bond donors (Lipinski definition) is 2. The molecule has 0 saturated carbocycles. The summed E-state index contributed by atoms with van der Waals surface area (Å²) >= 11 is 0. The number of aliphatic imine (C=N–C) groups is 1. The van der Waals surface area contributed by atoms with E-state index in [-0.39, 0.29) is 22.7 Å². The van der Waals surface area contributed by atoms with Gasteiger partial charge in [0.25, 0.3) is 11.6 Å². The molecule has 0 aromatic heterocycles. The van der Waals surface area contributed by atoms with Gasteiger partial charge in [-0.25, -0.2) is 0 Å². The molecule has 1 rings (SSSR count). The fourth-order valence-electron chi connectivity index (χ4n) is 2.07. The number of carbonyl (C=O) groups excluding carboxylic acids is 1. The highest BCUT2D eigenvalue weighted by atomic mass is 16.6. The average Bonchev–Trinajstić information content (AvgIpc) is 2.57. The Morgan fingerprint density at radius 3 is 2.68 bits per heavy atom. The first kappa shape index (κ1) is 20.0. The van der Waals surface area contributed by atoms with E-state index < -0.39 is 10.8 Å². The average molecular weight is 342 g/mol. The van der Waals surface area contributed by atoms with E-state index in [4.69, 9.17) is 5.73 Å². The second-order valence-corrected chi connectivity index (χ2v) is 5.48. The van der Waals surface area contributed by atoms with Crippen molar-refractivity contribution in [1.29, 1.82) is 0 Å². The van der Waals surface area contributed by atoms with Gasteiger partial charge in [0.15, 0.2) is 0 Å². The van der Waals surface area contributed by atoms with Crippen molar-refractivity contribution in [3.63, 3.8) is 0 Å². The zero-order valence-corrected chi connectivity index (χ0v) is 14.4. The summed E-state index contributed by atoms with van der Waals surface area (Å²) < 4.78 is 0. The van der Waals surface area contributed by atoms with Crippen LogP contribution >= 0.6 is 0 Å². The molecule has 1 amide bonds. The van der Waals surface area contributed by atoms with Gasteiger partial charge in [0.05, 0.1) is 16.2 Å². The van der Waals surface area contributed by atoms with Crippen molar-refractivity contribution in [3.05, 3.63) is 76.0 Å². The van der Waals surface area contributed by atoms with Gasteiger partial charge in [-0.3, -0.25) is 19.9 Å². The normalized spacial score (nSPS) is 12.4. The van der Waals surface area contributed by atoms with Crippen molar-refractivity contribution in [1.82, 2.24) is 5.32 Å². The first-order chi connectivity index (χ1) is 11.8. The number of para-hydroxylation sites is 1. The Bertz CT molecular complexity index is 751. The second-order valence-electron chi connectivity index (χ2n) is 5.48. The molecule has 0 heterocycles. The number of hydrogen-bond acceptors (Lipinski definition) is 5. The molecule has 0 fully saturated rings. The van der Waals surface area contributed by atoms with Crippen LogP contribution in [-0.2, 0) is 0 Å². The van der Waals surface area contributed by atoms with E-state index in [1.807, 2.05) is 14.0 Å². The van der Waals surface area contributed by atoms with Crippen LogP contribution in [-0.4, -0.2) is 30.6 Å². The Kier molecular flexibility index (Phi) is 7.43. The van der Waals surface area contributed by atoms with Crippen molar-refractivity contribution in [2.45, 2.75) is 6.92 Å². The SMILES string of the molecule is C=C(/C=C\C(=C)C(C)CNC)N=Cc1cccc(C(N)=O)c1[N+](=O)[O-]. The minimum Gasteiger partial charge on any atom is -0.365 e. The van der Waals surface area contributed by atoms with E-state index in [2.05, 4.69) is 23.5 Å². The molecule has 1 aromatic rings. The molecule has 132 valence electrons. The number of amides is 1. The van der Waals surface area contributed by atoms with Gasteiger partial charge in [0.1, 0.15) is 5.56 Å². The third-order valence-corrected chi connectivity index (χ3v) is 3.52. The Labute approximate surface area is 146 Å². The third kappa shape index (κ3) is 5.82. The number of nitro benzene ring substituents is 1. The van der Waals surface area contributed by atoms with Gasteiger partial charge >= 0.3 is 0 Å². The topological polar surface area (TPSA) is 111 Å². The maximum Gasteiger partial charge on any atom is 0.290 e. The second kappa shape index (κ2) is 9.29. The van der Waals surface area contributed by atoms with Gasteiger partial charge in [-0.15, -0.1) is 0 Å². The number of nitrogens with two attached hydrogens (primary N) is 1. The van der Waals surface area contributed by atoms with E-state index in [0.29, 0.717) is 5.70 Å². The third-order valence-electron chi connectivity index (χ3n) is 3.52. The van der Waals surface area contributed by atoms with Crippen LogP contribution in [0.1, 0.15) is 22.8 Å². The Hall–Kier alpha value is -3.06. The summed E-state index contributed by atoms with van der Waals surface area (Å²) in [5.74, 6) is -0.609. The van der Waals surface area contributed by atoms with Gasteiger partial charge in [-0.2, -0.15) is 0 Å². The monoisotopic (exact) mass is 342 g/mol. The molecule has 0 aliphatic heterocycles. The van der Waals surface area contributed by atoms with Crippen LogP contribution in [0.3, 0.4) is 0 Å². The van der Waals surface area contributed by atoms with Crippen molar-refractivity contribution in [3.8, 4) is 0 Å². The Morgan fingerprint density at radius 2 is 2.12 bits per heavy atom. The number of rotatable bonds is 9. The molecule has 0 spiro atoms. The highest BCUT2D eigenvalue weighted by Gasteiger charge is 2.21. The van der Waals surface area contributed by atoms with Gasteiger partial charge < -0.3 is 11.1 Å². The Balaban J connectivity index is 2.97. The molecule has 1 atom stereocenters. The molecule has 0 bridgehead atoms. The molecule has 1 aromatic carbocycles. The van der Waals surface area contributed by atoms with Crippen LogP contribution in [0.4, 0.5) is 5.69 Å². The van der Waals surface area contributed by atoms with Crippen LogP contribution in [0.25, 0.3) is 0 Å². The number of allylic oxidation sites excluding steroid dienone is 2. The smallest absolute Gasteiger partial charge is 0.290 e. The lowest BCUT2D eigenvalue weighted by atomic mass is 10.0. The maximum absolute atomic E-state index is 11.3. The first-order valence-electron chi connectivity index (χ1n) is 7.59. The van der Waals surface area contributed by atoms with Crippen LogP contribution in [0.15, 0.2) is 59.8 Å². The molecule has 3 N–H and O–H groups in total. The van der Waals surface area contributed by atoms with Crippen molar-refractivity contribution in [2.24, 2.45) is 16.6 Å². The lowest BCUT2D eigenvalue weighted by Crippen LogP contribution is -2.16. The minimum absolute atomic E-state index is 0.163. The zero-order valence-electron chi connectivity index (χ0n) is 14.4. The number of primary amides is 1. The van der Waals surface area contributed by atoms with Crippen LogP contribution in [0.5, 0.6) is 0 Å². The van der Waals surface area contributed by atoms with Crippen molar-refractivity contribution < 1.29 is 9.72 Å². The number of nitro groups is 1. The lowest BCUT2D eigenvalue weighted by Gasteiger charge is -2.10. The van der Waals surface area contributed by atoms with Gasteiger partial charge in [0, 0.05) is 12.8 Å². The predicted octanol–water partition coefficient (Wildman–Crippen LogP) is 2.59. The summed E-state index contributed by atoms with van der Waals surface area (Å²) in [5.41, 5.74) is 6.13. The molecule has 0 aliphatic carbocycles. The minimum atomic E-state index is -0.865. The molecule has 25 heavy (non-hydrogen) atoms. The maximum atomic E-state index is 11.3. The highest BCUT2D eigenvalue weighted by Crippen LogP contribution is 2.22. The molecule has 1 unspecified atom stereocenters. The standard InChI is InChI=1S/C18H22N4O3/c1-12(13(2)10-20-4)8-9-14(3)21-11-15-6-5-7-16(18(19)23)17(15)22(24)25/h5-9,11,13,20H,1,3,10H2,2,4H3,(H2,19,23)/b9-8-,21-11?. The number of carbonyl (C=O) groups is 1. The largest absolute Gasteiger partial charge is 0.365 e. The van der Waals surface area contributed by atoms with Crippen LogP contribution in [0, 0.1) is 16.0 Å². The summed E-state index contributed by atoms with van der Waals surface area (Å²) in [6.45, 7) is 10.6. The lowest BCUT2D eigenvalue weighted by molar-refractivity contribution is -0.385. The van der Waals surface area contributed by atoms with Crippen LogP contribution in [0.2, 0.25) is 0 Å². The van der Waals surface area contributed by atoms with E-state index in [9.17, 15) is 14.9 Å². The molecule has 7 heteroatoms. The fraction of sp³-hybridized carbons (Fsp3) is 0.222. The summed E-state index contributed by atoms with van der Waals surface area (Å²) in [5, 5.41) is 14.3. The first-order valence-corrected chi connectivity index (χ1v) is 7.59. The van der Waals surface area contributed by atoms with Crippen molar-refractivity contribution >= 4 is 17.8 Å². The summed E-state index contributed by atoms with van der Waals surface area (Å²) in [6, 6.07) is 4.30. The van der Waals surface area contributed by atoms with E-state index in [1.54, 1.807) is 12.2 Å². The fourth-order valence-corrected chi connectivity index (χ4v) is 2.07. The Morgan fingerprint density at radius 1 is 1.44 bits per heavy atom. The van der Waals surface area contributed by atoms with Crippen LogP contribution < -0.4 is 11.1 Å². The molecule has 0 saturated heterocycles. The highest BCUT2D eigenvalue weighted by molar-refractivity contribution is 6.01. The summed E-state index contributed by atoms with van der Waals surface area (Å²) in [4.78, 5) is 26.0. The molecule has 7 nitrogen and oxygen atoms in total. The van der Waals surface area contributed by atoms with E-state index >= 15 is 0 Å². The van der Waals surface area contributed by atoms with Gasteiger partial charge in [-0.1, -0.05) is 37.8 Å². The van der Waals surface area contributed by atoms with Crippen molar-refractivity contribution in [2.75, 3.05) is 13.6 Å². The number of nitrogens with zero attached hydrogens (tertiary/aromatic N) is 2. The molecule has 0 aliphatic rings. The van der Waals surface area contributed by atoms with E-state index in [0.717, 1.165) is 12.1 Å².